The second-order valence-electron chi connectivity index (χ2n) is 1.06. The highest BCUT2D eigenvalue weighted by Gasteiger charge is 1.95. The van der Waals surface area contributed by atoms with Gasteiger partial charge in [-0.2, -0.15) is 0 Å². The summed E-state index contributed by atoms with van der Waals surface area (Å²) >= 11 is 0. The molecule has 1 rings (SSSR count). The van der Waals surface area contributed by atoms with Gasteiger partial charge in [-0.25, -0.2) is 0 Å². The Labute approximate surface area is 69.0 Å². The van der Waals surface area contributed by atoms with E-state index in [9.17, 15) is 0 Å². The molecule has 0 aliphatic heterocycles. The zero-order chi connectivity index (χ0) is 8.12. The number of hydrogen-bond acceptors (Lipinski definition) is 0. The summed E-state index contributed by atoms with van der Waals surface area (Å²) in [4.78, 5) is 0. The van der Waals surface area contributed by atoms with E-state index in [0.717, 1.165) is 0 Å². The van der Waals surface area contributed by atoms with E-state index in [-0.39, 0.29) is 7.43 Å². The molecule has 0 aromatic carbocycles. The van der Waals surface area contributed by atoms with Crippen molar-refractivity contribution in [1.29, 1.82) is 0 Å². The predicted octanol–water partition coefficient (Wildman–Crippen LogP) is 4.89. The molecule has 0 amide bonds. The van der Waals surface area contributed by atoms with Crippen molar-refractivity contribution in [1.82, 2.24) is 0 Å². The minimum absolute atomic E-state index is 0. The molecule has 10 heavy (non-hydrogen) atoms. The van der Waals surface area contributed by atoms with Gasteiger partial charge in [0.05, 0.1) is 0 Å². The van der Waals surface area contributed by atoms with Crippen LogP contribution in [0.4, 0.5) is 0 Å². The van der Waals surface area contributed by atoms with Crippen molar-refractivity contribution in [2.75, 3.05) is 0 Å². The van der Waals surface area contributed by atoms with E-state index in [0.29, 0.717) is 0 Å². The van der Waals surface area contributed by atoms with Gasteiger partial charge in [-0.1, -0.05) is 68.2 Å². The van der Waals surface area contributed by atoms with Crippen LogP contribution in [0.25, 0.3) is 0 Å². The van der Waals surface area contributed by atoms with Crippen LogP contribution in [0.2, 0.25) is 0 Å². The van der Waals surface area contributed by atoms with E-state index < -0.39 is 0 Å². The highest BCUT2D eigenvalue weighted by Crippen LogP contribution is 2.14. The summed E-state index contributed by atoms with van der Waals surface area (Å²) in [5.74, 6) is 0. The third kappa shape index (κ3) is 392. The lowest BCUT2D eigenvalue weighted by Crippen LogP contribution is -0.856. The third-order valence-electron chi connectivity index (χ3n) is 0.354. The van der Waals surface area contributed by atoms with E-state index in [1.165, 1.54) is 19.3 Å². The SMILES string of the molecule is C.C1CC1.CC.CC.CC. The number of rotatable bonds is 0. The van der Waals surface area contributed by atoms with Crippen LogP contribution in [0.15, 0.2) is 0 Å². The van der Waals surface area contributed by atoms with Crippen molar-refractivity contribution in [2.24, 2.45) is 0 Å². The van der Waals surface area contributed by atoms with Crippen LogP contribution >= 0.6 is 0 Å². The van der Waals surface area contributed by atoms with E-state index in [1.807, 2.05) is 41.5 Å². The van der Waals surface area contributed by atoms with Crippen LogP contribution in [-0.4, -0.2) is 0 Å². The normalized spacial score (nSPS) is 9.00. The van der Waals surface area contributed by atoms with Gasteiger partial charge in [-0.3, -0.25) is 0 Å². The molecule has 0 atom stereocenters. The Hall–Kier alpha value is 0. The smallest absolute Gasteiger partial charge is 0.0533 e. The fourth-order valence-corrected chi connectivity index (χ4v) is 0. The van der Waals surface area contributed by atoms with E-state index in [1.54, 1.807) is 0 Å². The van der Waals surface area contributed by atoms with Crippen molar-refractivity contribution in [2.45, 2.75) is 68.2 Å². The van der Waals surface area contributed by atoms with Gasteiger partial charge >= 0.3 is 0 Å². The van der Waals surface area contributed by atoms with Crippen LogP contribution in [0.5, 0.6) is 0 Å². The molecular weight excluding hydrogens is 120 g/mol. The molecule has 0 radical (unpaired) electrons. The third-order valence-corrected chi connectivity index (χ3v) is 0.354. The number of hydrogen-bond donors (Lipinski definition) is 0. The maximum absolute atomic E-state index is 2.00. The molecular formula is C10H28. The Bertz CT molecular complexity index is 4.75. The van der Waals surface area contributed by atoms with E-state index in [2.05, 4.69) is 0 Å². The minimum atomic E-state index is 0. The van der Waals surface area contributed by atoms with E-state index >= 15 is 0 Å². The molecule has 0 heterocycles. The van der Waals surface area contributed by atoms with Gasteiger partial charge in [0.15, 0.2) is 0 Å². The standard InChI is InChI=1S/C3H6.3C2H6.CH4/c1-2-3-1;3*1-2;/h1-3H2;3*1-2H3;1H4. The molecule has 0 spiro atoms. The second kappa shape index (κ2) is 64.0. The van der Waals surface area contributed by atoms with Gasteiger partial charge in [0.25, 0.3) is 0 Å². The zero-order valence-electron chi connectivity index (χ0n) is 8.12. The fraction of sp³-hybridized carbons (Fsp3) is 1.00. The zero-order valence-corrected chi connectivity index (χ0v) is 8.12. The van der Waals surface area contributed by atoms with Crippen molar-refractivity contribution in [3.8, 4) is 0 Å². The molecule has 1 aliphatic rings. The minimum Gasteiger partial charge on any atom is -0.0776 e. The lowest BCUT2D eigenvalue weighted by atomic mass is 11.0. The molecule has 68 valence electrons. The summed E-state index contributed by atoms with van der Waals surface area (Å²) in [6.07, 6.45) is 4.50. The summed E-state index contributed by atoms with van der Waals surface area (Å²) in [5.41, 5.74) is 0. The van der Waals surface area contributed by atoms with Crippen molar-refractivity contribution < 1.29 is 0 Å². The lowest BCUT2D eigenvalue weighted by molar-refractivity contribution is 1.50. The Balaban J connectivity index is -0.0000000241. The van der Waals surface area contributed by atoms with E-state index in [4.69, 9.17) is 0 Å². The first kappa shape index (κ1) is 22.5. The molecule has 0 heteroatoms. The highest BCUT2D eigenvalue weighted by molar-refractivity contribution is 4.50. The van der Waals surface area contributed by atoms with Gasteiger partial charge in [-0.15, -0.1) is 0 Å². The van der Waals surface area contributed by atoms with Crippen molar-refractivity contribution >= 4 is 0 Å². The van der Waals surface area contributed by atoms with Crippen LogP contribution in [0, 0.1) is 0 Å². The van der Waals surface area contributed by atoms with Gasteiger partial charge in [0, 0.05) is 0 Å². The first-order valence-corrected chi connectivity index (χ1v) is 4.50. The summed E-state index contributed by atoms with van der Waals surface area (Å²) < 4.78 is 0. The molecule has 0 unspecified atom stereocenters. The maximum atomic E-state index is 2.00. The van der Waals surface area contributed by atoms with Gasteiger partial charge in [0.2, 0.25) is 0 Å². The molecule has 0 aromatic heterocycles. The predicted molar refractivity (Wildman–Crippen MR) is 54.6 cm³/mol. The van der Waals surface area contributed by atoms with Crippen molar-refractivity contribution in [3.63, 3.8) is 0 Å². The lowest BCUT2D eigenvalue weighted by Gasteiger charge is -1.07. The molecule has 0 saturated heterocycles. The Morgan fingerprint density at radius 3 is 0.600 bits per heavy atom. The quantitative estimate of drug-likeness (QED) is 0.459. The van der Waals surface area contributed by atoms with Crippen molar-refractivity contribution in [3.05, 3.63) is 0 Å². The van der Waals surface area contributed by atoms with Crippen LogP contribution in [0.3, 0.4) is 0 Å². The van der Waals surface area contributed by atoms with Crippen LogP contribution < -0.4 is 0 Å². The largest absolute Gasteiger partial charge is 0.0776 e. The molecule has 1 fully saturated rings. The highest BCUT2D eigenvalue weighted by atomic mass is 14.0. The Morgan fingerprint density at radius 1 is 0.500 bits per heavy atom. The second-order valence-corrected chi connectivity index (χ2v) is 1.06. The topological polar surface area (TPSA) is 0 Å². The summed E-state index contributed by atoms with van der Waals surface area (Å²) in [7, 11) is 0. The first-order valence-electron chi connectivity index (χ1n) is 4.50. The van der Waals surface area contributed by atoms with Gasteiger partial charge in [-0.05, 0) is 0 Å². The molecule has 0 N–H and O–H groups in total. The summed E-state index contributed by atoms with van der Waals surface area (Å²) in [6.45, 7) is 12.0. The van der Waals surface area contributed by atoms with Crippen LogP contribution in [-0.2, 0) is 0 Å². The molecule has 0 bridgehead atoms. The molecule has 0 aromatic rings. The summed E-state index contributed by atoms with van der Waals surface area (Å²) in [6, 6.07) is 0. The van der Waals surface area contributed by atoms with Gasteiger partial charge in [0.1, 0.15) is 0 Å². The van der Waals surface area contributed by atoms with Crippen LogP contribution in [0.1, 0.15) is 68.2 Å². The molecule has 1 aliphatic carbocycles. The fourth-order valence-electron chi connectivity index (χ4n) is 0. The Morgan fingerprint density at radius 2 is 0.600 bits per heavy atom. The average Bonchev–Trinajstić information content (AvgIpc) is 2.84. The average molecular weight is 148 g/mol. The molecule has 1 saturated carbocycles. The first-order chi connectivity index (χ1) is 4.50. The maximum Gasteiger partial charge on any atom is -0.0533 e. The van der Waals surface area contributed by atoms with Gasteiger partial charge < -0.3 is 0 Å². The Kier molecular flexibility index (Phi) is 144. The molecule has 0 nitrogen and oxygen atoms in total. The summed E-state index contributed by atoms with van der Waals surface area (Å²) in [5, 5.41) is 0. The monoisotopic (exact) mass is 148 g/mol.